The first-order valence-electron chi connectivity index (χ1n) is 6.24. The highest BCUT2D eigenvalue weighted by Gasteiger charge is 2.16. The summed E-state index contributed by atoms with van der Waals surface area (Å²) in [6.45, 7) is 2.61. The van der Waals surface area contributed by atoms with E-state index in [2.05, 4.69) is 5.32 Å². The van der Waals surface area contributed by atoms with Gasteiger partial charge in [0.1, 0.15) is 5.75 Å². The maximum atomic E-state index is 11.9. The number of hydrogen-bond acceptors (Lipinski definition) is 2. The predicted molar refractivity (Wildman–Crippen MR) is 67.1 cm³/mol. The molecule has 0 unspecified atom stereocenters. The van der Waals surface area contributed by atoms with Crippen LogP contribution < -0.4 is 5.32 Å². The van der Waals surface area contributed by atoms with Crippen LogP contribution in [0.5, 0.6) is 5.75 Å². The van der Waals surface area contributed by atoms with E-state index >= 15 is 0 Å². The molecule has 0 radical (unpaired) electrons. The van der Waals surface area contributed by atoms with E-state index in [1.54, 1.807) is 18.2 Å². The molecule has 1 aromatic carbocycles. The first-order chi connectivity index (χ1) is 8.16. The lowest BCUT2D eigenvalue weighted by molar-refractivity contribution is 0.0947. The number of rotatable bonds is 3. The summed E-state index contributed by atoms with van der Waals surface area (Å²) in [4.78, 5) is 11.9. The Labute approximate surface area is 102 Å². The molecule has 1 aliphatic carbocycles. The number of carbonyl (C=O) groups is 1. The van der Waals surface area contributed by atoms with Crippen molar-refractivity contribution in [2.24, 2.45) is 5.92 Å². The van der Waals surface area contributed by atoms with Crippen molar-refractivity contribution in [3.8, 4) is 5.75 Å². The highest BCUT2D eigenvalue weighted by atomic mass is 16.3. The summed E-state index contributed by atoms with van der Waals surface area (Å²) in [5.41, 5.74) is 1.47. The number of nitrogens with one attached hydrogen (secondary N) is 1. The second kappa shape index (κ2) is 5.21. The van der Waals surface area contributed by atoms with Crippen LogP contribution in [-0.4, -0.2) is 17.6 Å². The molecule has 1 fully saturated rings. The minimum atomic E-state index is -0.0330. The van der Waals surface area contributed by atoms with Crippen molar-refractivity contribution in [3.63, 3.8) is 0 Å². The summed E-state index contributed by atoms with van der Waals surface area (Å²) >= 11 is 0. The van der Waals surface area contributed by atoms with E-state index in [-0.39, 0.29) is 11.7 Å². The number of phenols is 1. The Hall–Kier alpha value is -1.51. The highest BCUT2D eigenvalue weighted by Crippen LogP contribution is 2.24. The van der Waals surface area contributed by atoms with Crippen LogP contribution in [0, 0.1) is 12.8 Å². The van der Waals surface area contributed by atoms with Crippen molar-refractivity contribution in [2.75, 3.05) is 6.54 Å². The summed E-state index contributed by atoms with van der Waals surface area (Å²) in [5, 5.41) is 12.3. The van der Waals surface area contributed by atoms with Crippen molar-refractivity contribution in [2.45, 2.75) is 32.6 Å². The van der Waals surface area contributed by atoms with E-state index in [9.17, 15) is 9.90 Å². The fraction of sp³-hybridized carbons (Fsp3) is 0.500. The third-order valence-electron chi connectivity index (χ3n) is 3.48. The Kier molecular flexibility index (Phi) is 3.67. The molecule has 0 aromatic heterocycles. The van der Waals surface area contributed by atoms with Gasteiger partial charge in [-0.05, 0) is 49.4 Å². The Morgan fingerprint density at radius 3 is 2.76 bits per heavy atom. The van der Waals surface area contributed by atoms with Gasteiger partial charge < -0.3 is 10.4 Å². The number of carbonyl (C=O) groups excluding carboxylic acids is 1. The normalized spacial score (nSPS) is 16.1. The molecule has 1 aliphatic rings. The monoisotopic (exact) mass is 233 g/mol. The fourth-order valence-electron chi connectivity index (χ4n) is 2.45. The summed E-state index contributed by atoms with van der Waals surface area (Å²) in [6, 6.07) is 4.84. The largest absolute Gasteiger partial charge is 0.508 e. The van der Waals surface area contributed by atoms with Crippen LogP contribution in [0.3, 0.4) is 0 Å². The van der Waals surface area contributed by atoms with Crippen LogP contribution in [-0.2, 0) is 0 Å². The minimum Gasteiger partial charge on any atom is -0.508 e. The van der Waals surface area contributed by atoms with Crippen molar-refractivity contribution < 1.29 is 9.90 Å². The smallest absolute Gasteiger partial charge is 0.251 e. The second-order valence-corrected chi connectivity index (χ2v) is 4.86. The van der Waals surface area contributed by atoms with E-state index in [1.165, 1.54) is 25.7 Å². The van der Waals surface area contributed by atoms with Gasteiger partial charge in [0, 0.05) is 12.1 Å². The quantitative estimate of drug-likeness (QED) is 0.843. The second-order valence-electron chi connectivity index (χ2n) is 4.86. The van der Waals surface area contributed by atoms with Crippen molar-refractivity contribution in [1.82, 2.24) is 5.32 Å². The van der Waals surface area contributed by atoms with Gasteiger partial charge in [-0.25, -0.2) is 0 Å². The van der Waals surface area contributed by atoms with Crippen LogP contribution in [0.15, 0.2) is 18.2 Å². The van der Waals surface area contributed by atoms with Gasteiger partial charge in [0.15, 0.2) is 0 Å². The van der Waals surface area contributed by atoms with Crippen molar-refractivity contribution in [3.05, 3.63) is 29.3 Å². The number of aryl methyl sites for hydroxylation is 1. The van der Waals surface area contributed by atoms with Gasteiger partial charge in [-0.1, -0.05) is 12.8 Å². The van der Waals surface area contributed by atoms with Crippen LogP contribution in [0.2, 0.25) is 0 Å². The summed E-state index contributed by atoms with van der Waals surface area (Å²) in [5.74, 6) is 0.820. The number of benzene rings is 1. The molecular formula is C14H19NO2. The number of amides is 1. The molecule has 1 amide bonds. The topological polar surface area (TPSA) is 49.3 Å². The van der Waals surface area contributed by atoms with E-state index < -0.39 is 0 Å². The lowest BCUT2D eigenvalue weighted by Gasteiger charge is -2.11. The highest BCUT2D eigenvalue weighted by molar-refractivity contribution is 5.95. The van der Waals surface area contributed by atoms with Crippen molar-refractivity contribution in [1.29, 1.82) is 0 Å². The first-order valence-corrected chi connectivity index (χ1v) is 6.24. The molecule has 2 N–H and O–H groups in total. The van der Waals surface area contributed by atoms with Crippen LogP contribution in [0.25, 0.3) is 0 Å². The molecule has 0 bridgehead atoms. The maximum Gasteiger partial charge on any atom is 0.251 e. The zero-order chi connectivity index (χ0) is 12.3. The summed E-state index contributed by atoms with van der Waals surface area (Å²) < 4.78 is 0. The van der Waals surface area contributed by atoms with Gasteiger partial charge in [-0.3, -0.25) is 4.79 Å². The third kappa shape index (κ3) is 2.99. The lowest BCUT2D eigenvalue weighted by Crippen LogP contribution is -2.28. The molecule has 3 nitrogen and oxygen atoms in total. The molecule has 0 heterocycles. The Balaban J connectivity index is 1.94. The molecule has 17 heavy (non-hydrogen) atoms. The lowest BCUT2D eigenvalue weighted by atomic mass is 10.1. The fourth-order valence-corrected chi connectivity index (χ4v) is 2.45. The Bertz CT molecular complexity index is 409. The predicted octanol–water partition coefficient (Wildman–Crippen LogP) is 2.62. The SMILES string of the molecule is Cc1cc(O)ccc1C(=O)NCC1CCCC1. The van der Waals surface area contributed by atoms with Crippen LogP contribution in [0.4, 0.5) is 0 Å². The average molecular weight is 233 g/mol. The van der Waals surface area contributed by atoms with Crippen LogP contribution >= 0.6 is 0 Å². The van der Waals surface area contributed by atoms with Gasteiger partial charge in [0.05, 0.1) is 0 Å². The molecular weight excluding hydrogens is 214 g/mol. The molecule has 1 aromatic rings. The number of aromatic hydroxyl groups is 1. The first kappa shape index (κ1) is 12.0. The van der Waals surface area contributed by atoms with E-state index in [0.29, 0.717) is 11.5 Å². The molecule has 1 saturated carbocycles. The summed E-state index contributed by atoms with van der Waals surface area (Å²) in [7, 11) is 0. The number of hydrogen-bond donors (Lipinski definition) is 2. The zero-order valence-electron chi connectivity index (χ0n) is 10.2. The molecule has 0 spiro atoms. The van der Waals surface area contributed by atoms with E-state index in [0.717, 1.165) is 12.1 Å². The Morgan fingerprint density at radius 2 is 2.12 bits per heavy atom. The number of phenolic OH excluding ortho intramolecular Hbond substituents is 1. The third-order valence-corrected chi connectivity index (χ3v) is 3.48. The van der Waals surface area contributed by atoms with Gasteiger partial charge in [-0.15, -0.1) is 0 Å². The summed E-state index contributed by atoms with van der Waals surface area (Å²) in [6.07, 6.45) is 5.04. The van der Waals surface area contributed by atoms with Gasteiger partial charge in [0.25, 0.3) is 5.91 Å². The minimum absolute atomic E-state index is 0.0330. The molecule has 0 aliphatic heterocycles. The molecule has 2 rings (SSSR count). The molecule has 3 heteroatoms. The van der Waals surface area contributed by atoms with E-state index in [1.807, 2.05) is 6.92 Å². The molecule has 0 saturated heterocycles. The zero-order valence-corrected chi connectivity index (χ0v) is 10.2. The average Bonchev–Trinajstić information content (AvgIpc) is 2.78. The molecule has 92 valence electrons. The molecule has 0 atom stereocenters. The standard InChI is InChI=1S/C14H19NO2/c1-10-8-12(16)6-7-13(10)14(17)15-9-11-4-2-3-5-11/h6-8,11,16H,2-5,9H2,1H3,(H,15,17). The van der Waals surface area contributed by atoms with E-state index in [4.69, 9.17) is 0 Å². The van der Waals surface area contributed by atoms with Gasteiger partial charge in [-0.2, -0.15) is 0 Å². The van der Waals surface area contributed by atoms with Crippen LogP contribution in [0.1, 0.15) is 41.6 Å². The van der Waals surface area contributed by atoms with Gasteiger partial charge >= 0.3 is 0 Å². The van der Waals surface area contributed by atoms with Crippen molar-refractivity contribution >= 4 is 5.91 Å². The Morgan fingerprint density at radius 1 is 1.41 bits per heavy atom. The maximum absolute atomic E-state index is 11.9. The van der Waals surface area contributed by atoms with Gasteiger partial charge in [0.2, 0.25) is 0 Å².